The topological polar surface area (TPSA) is 92.9 Å². The summed E-state index contributed by atoms with van der Waals surface area (Å²) in [6, 6.07) is 4.30. The standard InChI is InChI=1S/C10H6ClN3O2/c11-8-6-9(13)10(14(15)16)5-7(8)3-1-2-4-12/h5-6H,2,13H2. The van der Waals surface area contributed by atoms with Crippen molar-refractivity contribution < 1.29 is 4.92 Å². The van der Waals surface area contributed by atoms with Gasteiger partial charge in [0.1, 0.15) is 5.69 Å². The van der Waals surface area contributed by atoms with Crippen LogP contribution in [0, 0.1) is 33.3 Å². The summed E-state index contributed by atoms with van der Waals surface area (Å²) in [5.41, 5.74) is 5.45. The molecule has 0 bridgehead atoms. The highest BCUT2D eigenvalue weighted by atomic mass is 35.5. The monoisotopic (exact) mass is 235 g/mol. The van der Waals surface area contributed by atoms with E-state index in [1.165, 1.54) is 12.1 Å². The van der Waals surface area contributed by atoms with E-state index in [9.17, 15) is 10.1 Å². The maximum atomic E-state index is 10.6. The lowest BCUT2D eigenvalue weighted by Crippen LogP contribution is -1.96. The number of rotatable bonds is 1. The summed E-state index contributed by atoms with van der Waals surface area (Å²) in [6.45, 7) is 0. The average Bonchev–Trinajstić information content (AvgIpc) is 2.21. The molecular formula is C10H6ClN3O2. The number of nitrogen functional groups attached to an aromatic ring is 1. The molecule has 1 aromatic carbocycles. The Balaban J connectivity index is 3.22. The van der Waals surface area contributed by atoms with Crippen molar-refractivity contribution in [1.82, 2.24) is 0 Å². The molecule has 6 heteroatoms. The number of nitrogens with zero attached hydrogens (tertiary/aromatic N) is 2. The highest BCUT2D eigenvalue weighted by Crippen LogP contribution is 2.28. The molecule has 0 atom stereocenters. The minimum atomic E-state index is -0.610. The molecule has 80 valence electrons. The van der Waals surface area contributed by atoms with Crippen LogP contribution in [0.4, 0.5) is 11.4 Å². The number of anilines is 1. The zero-order chi connectivity index (χ0) is 12.1. The van der Waals surface area contributed by atoms with Crippen molar-refractivity contribution in [3.05, 3.63) is 32.8 Å². The lowest BCUT2D eigenvalue weighted by atomic mass is 10.1. The van der Waals surface area contributed by atoms with Crippen LogP contribution in [0.1, 0.15) is 12.0 Å². The van der Waals surface area contributed by atoms with Gasteiger partial charge in [0.2, 0.25) is 0 Å². The van der Waals surface area contributed by atoms with Gasteiger partial charge in [-0.15, -0.1) is 0 Å². The second-order valence-electron chi connectivity index (χ2n) is 2.78. The third kappa shape index (κ3) is 2.63. The Kier molecular flexibility index (Phi) is 3.71. The highest BCUT2D eigenvalue weighted by molar-refractivity contribution is 6.32. The van der Waals surface area contributed by atoms with Crippen LogP contribution >= 0.6 is 11.6 Å². The summed E-state index contributed by atoms with van der Waals surface area (Å²) in [5, 5.41) is 19.1. The van der Waals surface area contributed by atoms with Crippen LogP contribution in [0.15, 0.2) is 12.1 Å². The van der Waals surface area contributed by atoms with Crippen molar-refractivity contribution in [1.29, 1.82) is 5.26 Å². The van der Waals surface area contributed by atoms with Crippen LogP contribution in [0.5, 0.6) is 0 Å². The molecule has 0 unspecified atom stereocenters. The zero-order valence-electron chi connectivity index (χ0n) is 8.03. The predicted octanol–water partition coefficient (Wildman–Crippen LogP) is 2.10. The van der Waals surface area contributed by atoms with E-state index in [4.69, 9.17) is 22.6 Å². The molecule has 0 amide bonds. The van der Waals surface area contributed by atoms with Crippen molar-refractivity contribution in [2.24, 2.45) is 0 Å². The molecule has 0 radical (unpaired) electrons. The number of hydrogen-bond donors (Lipinski definition) is 1. The molecule has 1 aromatic rings. The molecule has 0 aliphatic rings. The number of nitriles is 1. The summed E-state index contributed by atoms with van der Waals surface area (Å²) in [7, 11) is 0. The maximum Gasteiger partial charge on any atom is 0.293 e. The van der Waals surface area contributed by atoms with Gasteiger partial charge in [0.05, 0.1) is 28.0 Å². The number of halogens is 1. The molecule has 2 N–H and O–H groups in total. The van der Waals surface area contributed by atoms with Crippen LogP contribution in [-0.4, -0.2) is 4.92 Å². The fourth-order valence-electron chi connectivity index (χ4n) is 1.01. The predicted molar refractivity (Wildman–Crippen MR) is 59.6 cm³/mol. The van der Waals surface area contributed by atoms with Crippen molar-refractivity contribution in [2.45, 2.75) is 6.42 Å². The Bertz CT molecular complexity index is 537. The van der Waals surface area contributed by atoms with E-state index < -0.39 is 4.92 Å². The molecule has 0 aromatic heterocycles. The van der Waals surface area contributed by atoms with Gasteiger partial charge in [0.15, 0.2) is 0 Å². The first-order valence-corrected chi connectivity index (χ1v) is 4.53. The van der Waals surface area contributed by atoms with Crippen molar-refractivity contribution in [3.63, 3.8) is 0 Å². The molecule has 0 saturated heterocycles. The van der Waals surface area contributed by atoms with Gasteiger partial charge >= 0.3 is 0 Å². The van der Waals surface area contributed by atoms with E-state index in [2.05, 4.69) is 11.8 Å². The summed E-state index contributed by atoms with van der Waals surface area (Å²) in [4.78, 5) is 9.99. The van der Waals surface area contributed by atoms with Gasteiger partial charge < -0.3 is 5.73 Å². The second kappa shape index (κ2) is 5.01. The zero-order valence-corrected chi connectivity index (χ0v) is 8.78. The molecule has 0 heterocycles. The van der Waals surface area contributed by atoms with E-state index >= 15 is 0 Å². The van der Waals surface area contributed by atoms with Crippen LogP contribution in [-0.2, 0) is 0 Å². The molecule has 0 aliphatic carbocycles. The summed E-state index contributed by atoms with van der Waals surface area (Å²) < 4.78 is 0. The molecule has 5 nitrogen and oxygen atoms in total. The fourth-order valence-corrected chi connectivity index (χ4v) is 1.23. The minimum Gasteiger partial charge on any atom is -0.393 e. The fraction of sp³-hybridized carbons (Fsp3) is 0.100. The number of nitrogens with two attached hydrogens (primary N) is 1. The van der Waals surface area contributed by atoms with Crippen LogP contribution in [0.3, 0.4) is 0 Å². The lowest BCUT2D eigenvalue weighted by molar-refractivity contribution is -0.383. The van der Waals surface area contributed by atoms with Crippen LogP contribution in [0.25, 0.3) is 0 Å². The number of hydrogen-bond acceptors (Lipinski definition) is 4. The maximum absolute atomic E-state index is 10.6. The van der Waals surface area contributed by atoms with Gasteiger partial charge in [-0.1, -0.05) is 23.4 Å². The van der Waals surface area contributed by atoms with Gasteiger partial charge in [-0.05, 0) is 6.07 Å². The van der Waals surface area contributed by atoms with E-state index in [0.717, 1.165) is 0 Å². The molecule has 0 fully saturated rings. The number of benzene rings is 1. The quantitative estimate of drug-likeness (QED) is 0.349. The molecule has 0 aliphatic heterocycles. The number of nitro benzene ring substituents is 1. The first-order chi connectivity index (χ1) is 7.56. The molecular weight excluding hydrogens is 230 g/mol. The molecule has 0 saturated carbocycles. The average molecular weight is 236 g/mol. The van der Waals surface area contributed by atoms with Crippen molar-refractivity contribution in [2.75, 3.05) is 5.73 Å². The largest absolute Gasteiger partial charge is 0.393 e. The van der Waals surface area contributed by atoms with Crippen LogP contribution in [0.2, 0.25) is 5.02 Å². The molecule has 0 spiro atoms. The highest BCUT2D eigenvalue weighted by Gasteiger charge is 2.14. The minimum absolute atomic E-state index is 0.0131. The van der Waals surface area contributed by atoms with E-state index in [1.54, 1.807) is 0 Å². The van der Waals surface area contributed by atoms with Gasteiger partial charge in [-0.3, -0.25) is 10.1 Å². The van der Waals surface area contributed by atoms with E-state index in [1.807, 2.05) is 6.07 Å². The van der Waals surface area contributed by atoms with E-state index in [0.29, 0.717) is 0 Å². The SMILES string of the molecule is N#CCC#Cc1cc([N+](=O)[O-])c(N)cc1Cl. The Morgan fingerprint density at radius 1 is 1.56 bits per heavy atom. The third-order valence-corrected chi connectivity index (χ3v) is 2.02. The van der Waals surface area contributed by atoms with E-state index in [-0.39, 0.29) is 28.4 Å². The number of nitro groups is 1. The second-order valence-corrected chi connectivity index (χ2v) is 3.19. The molecule has 1 rings (SSSR count). The first-order valence-electron chi connectivity index (χ1n) is 4.15. The normalized spacial score (nSPS) is 8.75. The third-order valence-electron chi connectivity index (χ3n) is 1.70. The lowest BCUT2D eigenvalue weighted by Gasteiger charge is -2.00. The Morgan fingerprint density at radius 3 is 2.81 bits per heavy atom. The smallest absolute Gasteiger partial charge is 0.293 e. The molecule has 16 heavy (non-hydrogen) atoms. The summed E-state index contributed by atoms with van der Waals surface area (Å²) >= 11 is 5.80. The summed E-state index contributed by atoms with van der Waals surface area (Å²) in [6.07, 6.45) is 0.0362. The van der Waals surface area contributed by atoms with Gasteiger partial charge in [0.25, 0.3) is 5.69 Å². The van der Waals surface area contributed by atoms with Gasteiger partial charge in [-0.25, -0.2) is 0 Å². The van der Waals surface area contributed by atoms with Crippen LogP contribution < -0.4 is 5.73 Å². The van der Waals surface area contributed by atoms with Crippen molar-refractivity contribution >= 4 is 23.0 Å². The van der Waals surface area contributed by atoms with Gasteiger partial charge in [-0.2, -0.15) is 5.26 Å². The Labute approximate surface area is 96.6 Å². The first kappa shape index (κ1) is 11.8. The van der Waals surface area contributed by atoms with Crippen molar-refractivity contribution in [3.8, 4) is 17.9 Å². The van der Waals surface area contributed by atoms with Gasteiger partial charge in [0, 0.05) is 6.07 Å². The summed E-state index contributed by atoms with van der Waals surface area (Å²) in [5.74, 6) is 5.09. The Morgan fingerprint density at radius 2 is 2.25 bits per heavy atom. The Hall–Kier alpha value is -2.24.